The van der Waals surface area contributed by atoms with E-state index in [1.807, 2.05) is 41.5 Å². The van der Waals surface area contributed by atoms with Crippen LogP contribution in [0.2, 0.25) is 0 Å². The first kappa shape index (κ1) is 12.8. The molecule has 1 heterocycles. The van der Waals surface area contributed by atoms with Gasteiger partial charge in [-0.1, -0.05) is 41.5 Å². The maximum absolute atomic E-state index is 10.3. The van der Waals surface area contributed by atoms with E-state index >= 15 is 0 Å². The number of hydrogen-bond donors (Lipinski definition) is 2. The molecule has 0 radical (unpaired) electrons. The quantitative estimate of drug-likeness (QED) is 0.709. The molecule has 0 saturated heterocycles. The third-order valence-electron chi connectivity index (χ3n) is 2.53. The number of nitrogens with two attached hydrogens (primary N) is 1. The van der Waals surface area contributed by atoms with E-state index in [-0.39, 0.29) is 16.6 Å². The van der Waals surface area contributed by atoms with Gasteiger partial charge in [-0.3, -0.25) is 0 Å². The Balaban J connectivity index is 3.51. The normalized spacial score (nSPS) is 12.9. The van der Waals surface area contributed by atoms with Gasteiger partial charge in [-0.05, 0) is 11.5 Å². The fraction of sp³-hybridized carbons (Fsp3) is 0.615. The smallest absolute Gasteiger partial charge is 0.141 e. The van der Waals surface area contributed by atoms with Gasteiger partial charge in [0, 0.05) is 11.0 Å². The Kier molecular flexibility index (Phi) is 2.92. The number of nitrogens with zero attached hydrogens (tertiary/aromatic N) is 1. The number of nitrogen functional groups attached to an aromatic ring is 1. The minimum absolute atomic E-state index is 0.138. The molecule has 1 aromatic heterocycles. The molecule has 1 aromatic rings. The zero-order valence-electron chi connectivity index (χ0n) is 11.0. The number of aromatic hydroxyl groups is 1. The van der Waals surface area contributed by atoms with E-state index in [0.717, 1.165) is 5.56 Å². The Morgan fingerprint density at radius 3 is 1.94 bits per heavy atom. The lowest BCUT2D eigenvalue weighted by Gasteiger charge is -2.26. The zero-order valence-corrected chi connectivity index (χ0v) is 11.0. The predicted octanol–water partition coefficient (Wildman–Crippen LogP) is 2.96. The van der Waals surface area contributed by atoms with Crippen molar-refractivity contribution in [3.63, 3.8) is 0 Å². The van der Waals surface area contributed by atoms with Crippen LogP contribution < -0.4 is 5.73 Å². The molecule has 3 heteroatoms. The molecular weight excluding hydrogens is 200 g/mol. The summed E-state index contributed by atoms with van der Waals surface area (Å²) in [7, 11) is 0. The molecule has 0 spiro atoms. The van der Waals surface area contributed by atoms with Crippen molar-refractivity contribution in [3.8, 4) is 5.75 Å². The van der Waals surface area contributed by atoms with Crippen molar-refractivity contribution in [3.05, 3.63) is 17.3 Å². The first-order valence-corrected chi connectivity index (χ1v) is 5.54. The number of pyridine rings is 1. The predicted molar refractivity (Wildman–Crippen MR) is 67.7 cm³/mol. The standard InChI is InChI=1S/C13H22N2O/c1-12(2,3)8-7-9(14)15-11(10(8)16)13(4,5)6/h7,16H,1-6H3,(H2,14,15). The first-order valence-electron chi connectivity index (χ1n) is 5.54. The Labute approximate surface area is 97.7 Å². The van der Waals surface area contributed by atoms with Crippen LogP contribution in [0.3, 0.4) is 0 Å². The van der Waals surface area contributed by atoms with Gasteiger partial charge in [-0.2, -0.15) is 0 Å². The van der Waals surface area contributed by atoms with Crippen molar-refractivity contribution >= 4 is 5.82 Å². The van der Waals surface area contributed by atoms with Crippen LogP contribution >= 0.6 is 0 Å². The molecule has 0 aliphatic rings. The van der Waals surface area contributed by atoms with Gasteiger partial charge in [0.1, 0.15) is 11.6 Å². The second kappa shape index (κ2) is 3.65. The van der Waals surface area contributed by atoms with Gasteiger partial charge in [0.15, 0.2) is 0 Å². The lowest BCUT2D eigenvalue weighted by atomic mass is 9.82. The molecule has 3 nitrogen and oxygen atoms in total. The van der Waals surface area contributed by atoms with Gasteiger partial charge in [-0.15, -0.1) is 0 Å². The van der Waals surface area contributed by atoms with Crippen molar-refractivity contribution < 1.29 is 5.11 Å². The second-order valence-electron chi connectivity index (χ2n) is 6.29. The van der Waals surface area contributed by atoms with E-state index in [9.17, 15) is 5.11 Å². The molecule has 3 N–H and O–H groups in total. The van der Waals surface area contributed by atoms with Crippen LogP contribution in [0, 0.1) is 0 Å². The molecule has 0 atom stereocenters. The van der Waals surface area contributed by atoms with Gasteiger partial charge in [-0.25, -0.2) is 4.98 Å². The Morgan fingerprint density at radius 1 is 1.06 bits per heavy atom. The molecule has 0 aliphatic heterocycles. The number of anilines is 1. The van der Waals surface area contributed by atoms with Crippen molar-refractivity contribution in [1.29, 1.82) is 0 Å². The third kappa shape index (κ3) is 2.46. The van der Waals surface area contributed by atoms with E-state index in [0.29, 0.717) is 11.5 Å². The lowest BCUT2D eigenvalue weighted by Crippen LogP contribution is -2.19. The van der Waals surface area contributed by atoms with Crippen LogP contribution in [0.15, 0.2) is 6.07 Å². The molecule has 0 amide bonds. The van der Waals surface area contributed by atoms with Crippen LogP contribution in [0.25, 0.3) is 0 Å². The topological polar surface area (TPSA) is 59.1 Å². The number of hydrogen-bond acceptors (Lipinski definition) is 3. The van der Waals surface area contributed by atoms with Gasteiger partial charge < -0.3 is 10.8 Å². The molecule has 16 heavy (non-hydrogen) atoms. The average molecular weight is 222 g/mol. The molecule has 0 fully saturated rings. The van der Waals surface area contributed by atoms with Gasteiger partial charge >= 0.3 is 0 Å². The minimum atomic E-state index is -0.209. The maximum Gasteiger partial charge on any atom is 0.141 e. The van der Waals surface area contributed by atoms with E-state index in [1.54, 1.807) is 6.07 Å². The molecule has 0 saturated carbocycles. The molecule has 0 aliphatic carbocycles. The summed E-state index contributed by atoms with van der Waals surface area (Å²) in [5.74, 6) is 0.738. The van der Waals surface area contributed by atoms with Crippen LogP contribution in [0.1, 0.15) is 52.8 Å². The van der Waals surface area contributed by atoms with Crippen molar-refractivity contribution in [1.82, 2.24) is 4.98 Å². The summed E-state index contributed by atoms with van der Waals surface area (Å²) in [5, 5.41) is 10.3. The zero-order chi connectivity index (χ0) is 12.7. The number of aromatic nitrogens is 1. The van der Waals surface area contributed by atoms with E-state index in [4.69, 9.17) is 5.73 Å². The van der Waals surface area contributed by atoms with Crippen LogP contribution in [-0.4, -0.2) is 10.1 Å². The maximum atomic E-state index is 10.3. The van der Waals surface area contributed by atoms with E-state index < -0.39 is 0 Å². The first-order chi connectivity index (χ1) is 7.03. The van der Waals surface area contributed by atoms with E-state index in [2.05, 4.69) is 4.98 Å². The van der Waals surface area contributed by atoms with Crippen molar-refractivity contribution in [2.75, 3.05) is 5.73 Å². The lowest BCUT2D eigenvalue weighted by molar-refractivity contribution is 0.416. The van der Waals surface area contributed by atoms with E-state index in [1.165, 1.54) is 0 Å². The summed E-state index contributed by atoms with van der Waals surface area (Å²) in [5.41, 5.74) is 6.97. The summed E-state index contributed by atoms with van der Waals surface area (Å²) >= 11 is 0. The Bertz CT molecular complexity index is 362. The van der Waals surface area contributed by atoms with Crippen molar-refractivity contribution in [2.45, 2.75) is 52.4 Å². The largest absolute Gasteiger partial charge is 0.506 e. The SMILES string of the molecule is CC(C)(C)c1cc(N)nc(C(C)(C)C)c1O. The molecule has 0 unspecified atom stereocenters. The minimum Gasteiger partial charge on any atom is -0.506 e. The summed E-state index contributed by atoms with van der Waals surface area (Å²) in [6.45, 7) is 12.2. The number of rotatable bonds is 0. The highest BCUT2D eigenvalue weighted by atomic mass is 16.3. The van der Waals surface area contributed by atoms with Gasteiger partial charge in [0.05, 0.1) is 5.69 Å². The van der Waals surface area contributed by atoms with Gasteiger partial charge in [0.2, 0.25) is 0 Å². The molecule has 1 rings (SSSR count). The molecule has 0 aromatic carbocycles. The molecule has 0 bridgehead atoms. The highest BCUT2D eigenvalue weighted by molar-refractivity contribution is 5.50. The van der Waals surface area contributed by atoms with Gasteiger partial charge in [0.25, 0.3) is 0 Å². The highest BCUT2D eigenvalue weighted by Crippen LogP contribution is 2.38. The Hall–Kier alpha value is -1.25. The van der Waals surface area contributed by atoms with Crippen LogP contribution in [0.4, 0.5) is 5.82 Å². The fourth-order valence-electron chi connectivity index (χ4n) is 1.65. The third-order valence-corrected chi connectivity index (χ3v) is 2.53. The Morgan fingerprint density at radius 2 is 1.56 bits per heavy atom. The van der Waals surface area contributed by atoms with Crippen LogP contribution in [-0.2, 0) is 10.8 Å². The average Bonchev–Trinajstić information content (AvgIpc) is 2.04. The fourth-order valence-corrected chi connectivity index (χ4v) is 1.65. The molecule has 90 valence electrons. The summed E-state index contributed by atoms with van der Waals surface area (Å²) < 4.78 is 0. The second-order valence-corrected chi connectivity index (χ2v) is 6.29. The highest BCUT2D eigenvalue weighted by Gasteiger charge is 2.27. The monoisotopic (exact) mass is 222 g/mol. The molecular formula is C13H22N2O. The summed E-state index contributed by atoms with van der Waals surface area (Å²) in [6.07, 6.45) is 0. The van der Waals surface area contributed by atoms with Crippen molar-refractivity contribution in [2.24, 2.45) is 0 Å². The van der Waals surface area contributed by atoms with Crippen LogP contribution in [0.5, 0.6) is 5.75 Å². The summed E-state index contributed by atoms with van der Waals surface area (Å²) in [4.78, 5) is 4.25. The summed E-state index contributed by atoms with van der Waals surface area (Å²) in [6, 6.07) is 1.75.